The van der Waals surface area contributed by atoms with Crippen LogP contribution in [0.4, 0.5) is 0 Å². The summed E-state index contributed by atoms with van der Waals surface area (Å²) >= 11 is 8.72. The Hall–Kier alpha value is -0.160. The Morgan fingerprint density at radius 3 is 2.35 bits per heavy atom. The lowest BCUT2D eigenvalue weighted by Crippen LogP contribution is -2.17. The molecule has 0 aliphatic heterocycles. The van der Waals surface area contributed by atoms with Gasteiger partial charge in [0.05, 0.1) is 7.57 Å². The molecule has 0 saturated carbocycles. The molecule has 1 aromatic heterocycles. The lowest BCUT2D eigenvalue weighted by molar-refractivity contribution is 0.598. The van der Waals surface area contributed by atoms with Gasteiger partial charge in [-0.3, -0.25) is 0 Å². The normalized spacial score (nSPS) is 14.6. The van der Waals surface area contributed by atoms with Crippen LogP contribution >= 0.6 is 43.2 Å². The number of hydrogen-bond donors (Lipinski definition) is 1. The van der Waals surface area contributed by atoms with Gasteiger partial charge in [0.1, 0.15) is 0 Å². The summed E-state index contributed by atoms with van der Waals surface area (Å²) in [6, 6.07) is 12.5. The highest BCUT2D eigenvalue weighted by Gasteiger charge is 2.20. The van der Waals surface area contributed by atoms with E-state index in [2.05, 4.69) is 69.1 Å². The molecule has 0 fully saturated rings. The van der Waals surface area contributed by atoms with Crippen molar-refractivity contribution in [3.05, 3.63) is 55.1 Å². The molecule has 0 radical (unpaired) electrons. The van der Waals surface area contributed by atoms with Crippen molar-refractivity contribution in [3.63, 3.8) is 0 Å². The Kier molecular flexibility index (Phi) is 4.42. The molecule has 0 aliphatic rings. The van der Waals surface area contributed by atoms with E-state index in [1.165, 1.54) is 11.1 Å². The van der Waals surface area contributed by atoms with Crippen molar-refractivity contribution in [3.8, 4) is 0 Å². The summed E-state index contributed by atoms with van der Waals surface area (Å²) in [6.45, 7) is 2.16. The Balaban J connectivity index is 2.26. The highest BCUT2D eigenvalue weighted by molar-refractivity contribution is 9.12. The largest absolute Gasteiger partial charge is 0.323 e. The van der Waals surface area contributed by atoms with E-state index in [1.54, 1.807) is 11.3 Å². The van der Waals surface area contributed by atoms with E-state index in [4.69, 9.17) is 5.73 Å². The summed E-state index contributed by atoms with van der Waals surface area (Å²) in [5.41, 5.74) is 8.78. The van der Waals surface area contributed by atoms with Gasteiger partial charge in [0.2, 0.25) is 0 Å². The highest BCUT2D eigenvalue weighted by atomic mass is 79.9. The fourth-order valence-electron chi connectivity index (χ4n) is 1.81. The van der Waals surface area contributed by atoms with Gasteiger partial charge in [-0.1, -0.05) is 37.3 Å². The standard InChI is InChI=1S/C13H13Br2NS/c1-8(9-5-3-2-4-6-9)12(16)10-7-11(14)17-13(10)15/h2-8,12H,16H2,1H3. The molecule has 1 nitrogen and oxygen atoms in total. The van der Waals surface area contributed by atoms with Gasteiger partial charge < -0.3 is 5.73 Å². The van der Waals surface area contributed by atoms with Gasteiger partial charge in [0.25, 0.3) is 0 Å². The van der Waals surface area contributed by atoms with E-state index in [0.29, 0.717) is 5.92 Å². The summed E-state index contributed by atoms with van der Waals surface area (Å²) in [5.74, 6) is 0.300. The minimum atomic E-state index is 0.00863. The van der Waals surface area contributed by atoms with Crippen LogP contribution in [0, 0.1) is 0 Å². The maximum Gasteiger partial charge on any atom is 0.0758 e. The first kappa shape index (κ1) is 13.3. The van der Waals surface area contributed by atoms with Crippen molar-refractivity contribution in [2.45, 2.75) is 18.9 Å². The average molecular weight is 375 g/mol. The maximum absolute atomic E-state index is 6.34. The Morgan fingerprint density at radius 2 is 1.82 bits per heavy atom. The molecule has 0 amide bonds. The fourth-order valence-corrected chi connectivity index (χ4v) is 4.77. The maximum atomic E-state index is 6.34. The Morgan fingerprint density at radius 1 is 1.18 bits per heavy atom. The van der Waals surface area contributed by atoms with Gasteiger partial charge in [-0.05, 0) is 49.1 Å². The van der Waals surface area contributed by atoms with E-state index >= 15 is 0 Å². The van der Waals surface area contributed by atoms with Crippen LogP contribution in [0.25, 0.3) is 0 Å². The van der Waals surface area contributed by atoms with Crippen molar-refractivity contribution in [1.82, 2.24) is 0 Å². The molecule has 2 N–H and O–H groups in total. The van der Waals surface area contributed by atoms with Crippen LogP contribution in [0.3, 0.4) is 0 Å². The molecule has 1 aromatic carbocycles. The molecule has 90 valence electrons. The molecular weight excluding hydrogens is 362 g/mol. The average Bonchev–Trinajstić information content (AvgIpc) is 2.68. The van der Waals surface area contributed by atoms with Crippen molar-refractivity contribution in [1.29, 1.82) is 0 Å². The van der Waals surface area contributed by atoms with Crippen molar-refractivity contribution >= 4 is 43.2 Å². The van der Waals surface area contributed by atoms with E-state index in [-0.39, 0.29) is 6.04 Å². The highest BCUT2D eigenvalue weighted by Crippen LogP contribution is 2.39. The van der Waals surface area contributed by atoms with E-state index in [1.807, 2.05) is 6.07 Å². The first-order valence-electron chi connectivity index (χ1n) is 5.35. The van der Waals surface area contributed by atoms with Gasteiger partial charge in [0, 0.05) is 12.0 Å². The van der Waals surface area contributed by atoms with Crippen LogP contribution in [-0.4, -0.2) is 0 Å². The summed E-state index contributed by atoms with van der Waals surface area (Å²) in [6.07, 6.45) is 0. The predicted octanol–water partition coefficient (Wildman–Crippen LogP) is 5.08. The summed E-state index contributed by atoms with van der Waals surface area (Å²) in [5, 5.41) is 0. The van der Waals surface area contributed by atoms with E-state index < -0.39 is 0 Å². The third-order valence-electron chi connectivity index (χ3n) is 2.91. The number of benzene rings is 1. The second-order valence-corrected chi connectivity index (χ2v) is 7.75. The zero-order chi connectivity index (χ0) is 12.4. The molecule has 0 bridgehead atoms. The smallest absolute Gasteiger partial charge is 0.0758 e. The van der Waals surface area contributed by atoms with Crippen LogP contribution in [0.1, 0.15) is 30.0 Å². The number of halogens is 2. The minimum absolute atomic E-state index is 0.00863. The zero-order valence-electron chi connectivity index (χ0n) is 9.36. The predicted molar refractivity (Wildman–Crippen MR) is 81.5 cm³/mol. The summed E-state index contributed by atoms with van der Waals surface area (Å²) in [4.78, 5) is 0. The monoisotopic (exact) mass is 373 g/mol. The molecule has 2 atom stereocenters. The molecule has 2 aromatic rings. The molecule has 0 spiro atoms. The summed E-state index contributed by atoms with van der Waals surface area (Å²) < 4.78 is 2.22. The van der Waals surface area contributed by atoms with E-state index in [0.717, 1.165) is 7.57 Å². The topological polar surface area (TPSA) is 26.0 Å². The van der Waals surface area contributed by atoms with Gasteiger partial charge >= 0.3 is 0 Å². The van der Waals surface area contributed by atoms with Gasteiger partial charge in [-0.15, -0.1) is 11.3 Å². The third-order valence-corrected chi connectivity index (χ3v) is 5.29. The number of nitrogens with two attached hydrogens (primary N) is 1. The van der Waals surface area contributed by atoms with Crippen LogP contribution < -0.4 is 5.73 Å². The van der Waals surface area contributed by atoms with Crippen LogP contribution in [0.15, 0.2) is 44.0 Å². The Labute approximate surface area is 122 Å². The summed E-state index contributed by atoms with van der Waals surface area (Å²) in [7, 11) is 0. The third kappa shape index (κ3) is 2.99. The lowest BCUT2D eigenvalue weighted by Gasteiger charge is -2.20. The molecule has 0 saturated heterocycles. The van der Waals surface area contributed by atoms with E-state index in [9.17, 15) is 0 Å². The van der Waals surface area contributed by atoms with Gasteiger partial charge in [0.15, 0.2) is 0 Å². The van der Waals surface area contributed by atoms with Gasteiger partial charge in [-0.2, -0.15) is 0 Å². The van der Waals surface area contributed by atoms with Crippen LogP contribution in [-0.2, 0) is 0 Å². The second-order valence-electron chi connectivity index (χ2n) is 4.00. The zero-order valence-corrected chi connectivity index (χ0v) is 13.3. The Bertz CT molecular complexity index is 495. The quantitative estimate of drug-likeness (QED) is 0.796. The molecule has 0 aliphatic carbocycles. The van der Waals surface area contributed by atoms with Gasteiger partial charge in [-0.25, -0.2) is 0 Å². The van der Waals surface area contributed by atoms with Crippen molar-refractivity contribution in [2.75, 3.05) is 0 Å². The molecular formula is C13H13Br2NS. The molecule has 17 heavy (non-hydrogen) atoms. The second kappa shape index (κ2) is 5.65. The first-order valence-corrected chi connectivity index (χ1v) is 7.75. The van der Waals surface area contributed by atoms with Crippen LogP contribution in [0.2, 0.25) is 0 Å². The molecule has 2 rings (SSSR count). The SMILES string of the molecule is CC(c1ccccc1)C(N)c1cc(Br)sc1Br. The molecule has 4 heteroatoms. The van der Waals surface area contributed by atoms with Crippen molar-refractivity contribution in [2.24, 2.45) is 5.73 Å². The number of rotatable bonds is 3. The minimum Gasteiger partial charge on any atom is -0.323 e. The first-order chi connectivity index (χ1) is 8.09. The lowest BCUT2D eigenvalue weighted by atomic mass is 9.90. The van der Waals surface area contributed by atoms with Crippen LogP contribution in [0.5, 0.6) is 0 Å². The number of hydrogen-bond acceptors (Lipinski definition) is 2. The van der Waals surface area contributed by atoms with Crippen molar-refractivity contribution < 1.29 is 0 Å². The number of thiophene rings is 1. The molecule has 1 heterocycles. The molecule has 2 unspecified atom stereocenters. The fraction of sp³-hybridized carbons (Fsp3) is 0.231.